The first-order chi connectivity index (χ1) is 15.0. The van der Waals surface area contributed by atoms with Crippen LogP contribution in [0.2, 0.25) is 0 Å². The zero-order valence-electron chi connectivity index (χ0n) is 19.0. The molecule has 32 heavy (non-hydrogen) atoms. The van der Waals surface area contributed by atoms with Crippen molar-refractivity contribution in [2.75, 3.05) is 18.4 Å². The van der Waals surface area contributed by atoms with E-state index in [4.69, 9.17) is 4.74 Å². The number of anilines is 1. The lowest BCUT2D eigenvalue weighted by molar-refractivity contribution is -0.114. The zero-order chi connectivity index (χ0) is 23.5. The minimum atomic E-state index is -1.45. The van der Waals surface area contributed by atoms with Crippen molar-refractivity contribution in [3.05, 3.63) is 65.5 Å². The van der Waals surface area contributed by atoms with Gasteiger partial charge in [-0.3, -0.25) is 4.79 Å². The number of likely N-dealkylation sites (tertiary alicyclic amines) is 1. The highest BCUT2D eigenvalue weighted by Gasteiger charge is 2.42. The Morgan fingerprint density at radius 2 is 1.69 bits per heavy atom. The van der Waals surface area contributed by atoms with E-state index in [1.54, 1.807) is 41.3 Å². The number of hydrogen-bond donors (Lipinski definition) is 2. The SMILES string of the molecule is CC(=O)Nc1ccc(C(O)(c2cccc(F)c2)C2CCN(C(=O)OC(C)(C)C)CC2)cc1. The van der Waals surface area contributed by atoms with Gasteiger partial charge in [-0.05, 0) is 74.9 Å². The number of nitrogens with zero attached hydrogens (tertiary/aromatic N) is 1. The zero-order valence-corrected chi connectivity index (χ0v) is 19.0. The number of carbonyl (C=O) groups excluding carboxylic acids is 2. The van der Waals surface area contributed by atoms with Gasteiger partial charge in [-0.25, -0.2) is 9.18 Å². The predicted molar refractivity (Wildman–Crippen MR) is 121 cm³/mol. The fourth-order valence-electron chi connectivity index (χ4n) is 4.18. The molecule has 0 saturated carbocycles. The Hall–Kier alpha value is -2.93. The summed E-state index contributed by atoms with van der Waals surface area (Å²) in [5.74, 6) is -0.857. The summed E-state index contributed by atoms with van der Waals surface area (Å²) in [5, 5.41) is 14.7. The summed E-state index contributed by atoms with van der Waals surface area (Å²) < 4.78 is 19.6. The second-order valence-electron chi connectivity index (χ2n) is 9.28. The third-order valence-electron chi connectivity index (χ3n) is 5.65. The van der Waals surface area contributed by atoms with Gasteiger partial charge in [-0.15, -0.1) is 0 Å². The third-order valence-corrected chi connectivity index (χ3v) is 5.65. The molecule has 0 bridgehead atoms. The van der Waals surface area contributed by atoms with Crippen molar-refractivity contribution < 1.29 is 23.8 Å². The molecule has 1 atom stereocenters. The van der Waals surface area contributed by atoms with Crippen LogP contribution in [0, 0.1) is 11.7 Å². The second kappa shape index (κ2) is 9.28. The Labute approximate surface area is 188 Å². The average molecular weight is 443 g/mol. The van der Waals surface area contributed by atoms with Crippen molar-refractivity contribution in [2.45, 2.75) is 51.7 Å². The number of ether oxygens (including phenoxy) is 1. The van der Waals surface area contributed by atoms with Crippen LogP contribution in [0.4, 0.5) is 14.9 Å². The largest absolute Gasteiger partial charge is 0.444 e. The van der Waals surface area contributed by atoms with Crippen molar-refractivity contribution in [3.8, 4) is 0 Å². The summed E-state index contributed by atoms with van der Waals surface area (Å²) in [6.07, 6.45) is 0.685. The summed E-state index contributed by atoms with van der Waals surface area (Å²) in [4.78, 5) is 25.4. The van der Waals surface area contributed by atoms with Gasteiger partial charge in [0.2, 0.25) is 5.91 Å². The number of carbonyl (C=O) groups is 2. The van der Waals surface area contributed by atoms with E-state index in [0.717, 1.165) is 0 Å². The molecule has 172 valence electrons. The highest BCUT2D eigenvalue weighted by molar-refractivity contribution is 5.88. The molecule has 2 aromatic rings. The van der Waals surface area contributed by atoms with Gasteiger partial charge in [-0.1, -0.05) is 24.3 Å². The molecule has 6 nitrogen and oxygen atoms in total. The van der Waals surface area contributed by atoms with Crippen LogP contribution in [0.25, 0.3) is 0 Å². The van der Waals surface area contributed by atoms with Crippen LogP contribution in [-0.4, -0.2) is 40.7 Å². The number of nitrogens with one attached hydrogen (secondary N) is 1. The lowest BCUT2D eigenvalue weighted by Gasteiger charge is -2.42. The molecule has 1 unspecified atom stereocenters. The monoisotopic (exact) mass is 442 g/mol. The van der Waals surface area contributed by atoms with Crippen molar-refractivity contribution in [1.82, 2.24) is 4.90 Å². The van der Waals surface area contributed by atoms with E-state index in [9.17, 15) is 19.1 Å². The van der Waals surface area contributed by atoms with Crippen LogP contribution in [0.1, 0.15) is 51.7 Å². The fourth-order valence-corrected chi connectivity index (χ4v) is 4.18. The Morgan fingerprint density at radius 1 is 1.06 bits per heavy atom. The van der Waals surface area contributed by atoms with Gasteiger partial charge in [0.1, 0.15) is 17.0 Å². The van der Waals surface area contributed by atoms with E-state index in [1.165, 1.54) is 19.1 Å². The van der Waals surface area contributed by atoms with Crippen LogP contribution >= 0.6 is 0 Å². The van der Waals surface area contributed by atoms with E-state index >= 15 is 0 Å². The highest BCUT2D eigenvalue weighted by atomic mass is 19.1. The van der Waals surface area contributed by atoms with Crippen LogP contribution < -0.4 is 5.32 Å². The molecule has 1 heterocycles. The van der Waals surface area contributed by atoms with Gasteiger partial charge in [0.15, 0.2) is 0 Å². The molecule has 3 rings (SSSR count). The number of halogens is 1. The van der Waals surface area contributed by atoms with E-state index in [-0.39, 0.29) is 17.9 Å². The minimum absolute atomic E-state index is 0.187. The van der Waals surface area contributed by atoms with Gasteiger partial charge in [0.05, 0.1) is 0 Å². The first-order valence-corrected chi connectivity index (χ1v) is 10.8. The molecule has 1 saturated heterocycles. The molecule has 7 heteroatoms. The first-order valence-electron chi connectivity index (χ1n) is 10.8. The lowest BCUT2D eigenvalue weighted by Crippen LogP contribution is -2.47. The molecule has 1 aliphatic rings. The first kappa shape index (κ1) is 23.7. The number of hydrogen-bond acceptors (Lipinski definition) is 4. The molecular weight excluding hydrogens is 411 g/mol. The second-order valence-corrected chi connectivity index (χ2v) is 9.28. The highest BCUT2D eigenvalue weighted by Crippen LogP contribution is 2.42. The molecule has 1 aliphatic heterocycles. The summed E-state index contributed by atoms with van der Waals surface area (Å²) in [7, 11) is 0. The molecule has 2 N–H and O–H groups in total. The maximum atomic E-state index is 14.1. The number of benzene rings is 2. The smallest absolute Gasteiger partial charge is 0.410 e. The summed E-state index contributed by atoms with van der Waals surface area (Å²) in [6, 6.07) is 12.9. The quantitative estimate of drug-likeness (QED) is 0.721. The van der Waals surface area contributed by atoms with Crippen LogP contribution in [0.15, 0.2) is 48.5 Å². The van der Waals surface area contributed by atoms with Gasteiger partial charge in [-0.2, -0.15) is 0 Å². The normalized spacial score (nSPS) is 16.9. The average Bonchev–Trinajstić information content (AvgIpc) is 2.72. The number of piperidine rings is 1. The molecule has 0 aliphatic carbocycles. The summed E-state index contributed by atoms with van der Waals surface area (Å²) in [5.41, 5.74) is -0.348. The molecule has 1 fully saturated rings. The van der Waals surface area contributed by atoms with Crippen LogP contribution in [0.5, 0.6) is 0 Å². The fraction of sp³-hybridized carbons (Fsp3) is 0.440. The Morgan fingerprint density at radius 3 is 2.22 bits per heavy atom. The maximum absolute atomic E-state index is 14.1. The van der Waals surface area contributed by atoms with Gasteiger partial charge >= 0.3 is 6.09 Å². The Bertz CT molecular complexity index is 963. The lowest BCUT2D eigenvalue weighted by atomic mass is 9.72. The van der Waals surface area contributed by atoms with Gasteiger partial charge in [0, 0.05) is 25.7 Å². The number of rotatable bonds is 4. The Balaban J connectivity index is 1.88. The Kier molecular flexibility index (Phi) is 6.88. The van der Waals surface area contributed by atoms with Crippen molar-refractivity contribution in [2.24, 2.45) is 5.92 Å². The predicted octanol–water partition coefficient (Wildman–Crippen LogP) is 4.67. The number of amides is 2. The topological polar surface area (TPSA) is 78.9 Å². The van der Waals surface area contributed by atoms with Crippen LogP contribution in [-0.2, 0) is 15.1 Å². The molecule has 0 radical (unpaired) electrons. The standard InChI is InChI=1S/C25H31FN2O4/c1-17(29)27-22-10-8-18(9-11-22)25(31,20-6-5-7-21(26)16-20)19-12-14-28(15-13-19)23(30)32-24(2,3)4/h5-11,16,19,31H,12-15H2,1-4H3,(H,27,29). The van der Waals surface area contributed by atoms with E-state index in [0.29, 0.717) is 42.7 Å². The van der Waals surface area contributed by atoms with Crippen molar-refractivity contribution in [1.29, 1.82) is 0 Å². The van der Waals surface area contributed by atoms with E-state index in [1.807, 2.05) is 20.8 Å². The molecule has 0 spiro atoms. The van der Waals surface area contributed by atoms with E-state index in [2.05, 4.69) is 5.32 Å². The maximum Gasteiger partial charge on any atom is 0.410 e. The molecule has 2 aromatic carbocycles. The molecular formula is C25H31FN2O4. The van der Waals surface area contributed by atoms with Crippen LogP contribution in [0.3, 0.4) is 0 Å². The van der Waals surface area contributed by atoms with E-state index < -0.39 is 17.0 Å². The number of aliphatic hydroxyl groups is 1. The van der Waals surface area contributed by atoms with Crippen molar-refractivity contribution in [3.63, 3.8) is 0 Å². The van der Waals surface area contributed by atoms with Gasteiger partial charge in [0.25, 0.3) is 0 Å². The van der Waals surface area contributed by atoms with Crippen molar-refractivity contribution >= 4 is 17.7 Å². The third kappa shape index (κ3) is 5.46. The van der Waals surface area contributed by atoms with Gasteiger partial charge < -0.3 is 20.1 Å². The molecule has 2 amide bonds. The minimum Gasteiger partial charge on any atom is -0.444 e. The summed E-state index contributed by atoms with van der Waals surface area (Å²) in [6.45, 7) is 7.76. The molecule has 0 aromatic heterocycles. The summed E-state index contributed by atoms with van der Waals surface area (Å²) >= 11 is 0.